The Bertz CT molecular complexity index is 346. The van der Waals surface area contributed by atoms with Gasteiger partial charge in [0, 0.05) is 25.7 Å². The van der Waals surface area contributed by atoms with Crippen molar-refractivity contribution in [3.8, 4) is 0 Å². The van der Waals surface area contributed by atoms with Gasteiger partial charge >= 0.3 is 0 Å². The van der Waals surface area contributed by atoms with Gasteiger partial charge in [-0.3, -0.25) is 4.90 Å². The fourth-order valence-corrected chi connectivity index (χ4v) is 2.27. The van der Waals surface area contributed by atoms with Crippen molar-refractivity contribution >= 4 is 0 Å². The van der Waals surface area contributed by atoms with Crippen molar-refractivity contribution in [2.45, 2.75) is 32.9 Å². The SMILES string of the molecule is Cc1ccc(CN2CCC(N)C2)c(C)c1. The van der Waals surface area contributed by atoms with Crippen LogP contribution in [-0.4, -0.2) is 24.0 Å². The first-order valence-electron chi connectivity index (χ1n) is 5.69. The molecule has 1 unspecified atom stereocenters. The lowest BCUT2D eigenvalue weighted by atomic mass is 10.1. The van der Waals surface area contributed by atoms with Crippen LogP contribution in [0.1, 0.15) is 23.1 Å². The van der Waals surface area contributed by atoms with Gasteiger partial charge in [0.2, 0.25) is 0 Å². The third-order valence-electron chi connectivity index (χ3n) is 3.20. The van der Waals surface area contributed by atoms with Crippen LogP contribution >= 0.6 is 0 Å². The maximum absolute atomic E-state index is 5.90. The monoisotopic (exact) mass is 204 g/mol. The molecule has 1 atom stereocenters. The van der Waals surface area contributed by atoms with Gasteiger partial charge in [0.1, 0.15) is 0 Å². The van der Waals surface area contributed by atoms with Gasteiger partial charge in [0.05, 0.1) is 0 Å². The molecule has 0 radical (unpaired) electrons. The van der Waals surface area contributed by atoms with Crippen molar-refractivity contribution < 1.29 is 0 Å². The van der Waals surface area contributed by atoms with Crippen LogP contribution in [0, 0.1) is 13.8 Å². The number of likely N-dealkylation sites (tertiary alicyclic amines) is 1. The Morgan fingerprint density at radius 3 is 2.80 bits per heavy atom. The fraction of sp³-hybridized carbons (Fsp3) is 0.538. The molecule has 0 amide bonds. The molecule has 1 saturated heterocycles. The first-order chi connectivity index (χ1) is 7.15. The van der Waals surface area contributed by atoms with Crippen LogP contribution in [-0.2, 0) is 6.54 Å². The van der Waals surface area contributed by atoms with Crippen molar-refractivity contribution in [1.82, 2.24) is 4.90 Å². The molecule has 1 aliphatic rings. The van der Waals surface area contributed by atoms with E-state index >= 15 is 0 Å². The number of nitrogens with zero attached hydrogens (tertiary/aromatic N) is 1. The molecule has 0 saturated carbocycles. The molecule has 0 bridgehead atoms. The van der Waals surface area contributed by atoms with Crippen LogP contribution in [0.15, 0.2) is 18.2 Å². The molecule has 1 aromatic rings. The summed E-state index contributed by atoms with van der Waals surface area (Å²) in [6.07, 6.45) is 1.14. The molecule has 15 heavy (non-hydrogen) atoms. The minimum absolute atomic E-state index is 0.385. The summed E-state index contributed by atoms with van der Waals surface area (Å²) in [5.74, 6) is 0. The second-order valence-corrected chi connectivity index (χ2v) is 4.71. The molecule has 2 N–H and O–H groups in total. The second-order valence-electron chi connectivity index (χ2n) is 4.71. The van der Waals surface area contributed by atoms with Gasteiger partial charge in [0.15, 0.2) is 0 Å². The largest absolute Gasteiger partial charge is 0.326 e. The zero-order valence-corrected chi connectivity index (χ0v) is 9.66. The number of benzene rings is 1. The summed E-state index contributed by atoms with van der Waals surface area (Å²) in [4.78, 5) is 2.45. The zero-order valence-electron chi connectivity index (χ0n) is 9.66. The number of aryl methyl sites for hydroxylation is 2. The normalized spacial score (nSPS) is 22.2. The van der Waals surface area contributed by atoms with Gasteiger partial charge < -0.3 is 5.73 Å². The molecule has 0 aliphatic carbocycles. The molecular formula is C13H20N2. The Hall–Kier alpha value is -0.860. The average Bonchev–Trinajstić information content (AvgIpc) is 2.56. The van der Waals surface area contributed by atoms with Crippen molar-refractivity contribution in [2.24, 2.45) is 5.73 Å². The number of nitrogens with two attached hydrogens (primary N) is 1. The van der Waals surface area contributed by atoms with Gasteiger partial charge in [-0.1, -0.05) is 23.8 Å². The summed E-state index contributed by atoms with van der Waals surface area (Å²) < 4.78 is 0. The summed E-state index contributed by atoms with van der Waals surface area (Å²) in [7, 11) is 0. The molecular weight excluding hydrogens is 184 g/mol. The summed E-state index contributed by atoms with van der Waals surface area (Å²) in [5, 5.41) is 0. The van der Waals surface area contributed by atoms with Gasteiger partial charge in [0.25, 0.3) is 0 Å². The Balaban J connectivity index is 2.04. The van der Waals surface area contributed by atoms with Crippen LogP contribution in [0.25, 0.3) is 0 Å². The highest BCUT2D eigenvalue weighted by Crippen LogP contribution is 2.16. The minimum atomic E-state index is 0.385. The smallest absolute Gasteiger partial charge is 0.0237 e. The summed E-state index contributed by atoms with van der Waals surface area (Å²) >= 11 is 0. The molecule has 1 heterocycles. The van der Waals surface area contributed by atoms with E-state index < -0.39 is 0 Å². The first-order valence-corrected chi connectivity index (χ1v) is 5.69. The third kappa shape index (κ3) is 2.58. The van der Waals surface area contributed by atoms with E-state index in [9.17, 15) is 0 Å². The van der Waals surface area contributed by atoms with Crippen molar-refractivity contribution in [3.63, 3.8) is 0 Å². The van der Waals surface area contributed by atoms with Crippen molar-refractivity contribution in [3.05, 3.63) is 34.9 Å². The first kappa shape index (κ1) is 10.7. The Labute approximate surface area is 92.1 Å². The molecule has 1 aromatic carbocycles. The minimum Gasteiger partial charge on any atom is -0.326 e. The van der Waals surface area contributed by atoms with E-state index in [2.05, 4.69) is 36.9 Å². The topological polar surface area (TPSA) is 29.3 Å². The maximum Gasteiger partial charge on any atom is 0.0237 e. The lowest BCUT2D eigenvalue weighted by Gasteiger charge is -2.17. The fourth-order valence-electron chi connectivity index (χ4n) is 2.27. The van der Waals surface area contributed by atoms with Gasteiger partial charge in [-0.05, 0) is 31.4 Å². The van der Waals surface area contributed by atoms with Crippen LogP contribution in [0.2, 0.25) is 0 Å². The summed E-state index contributed by atoms with van der Waals surface area (Å²) in [6.45, 7) is 7.59. The van der Waals surface area contributed by atoms with Crippen LogP contribution < -0.4 is 5.73 Å². The predicted molar refractivity (Wildman–Crippen MR) is 63.8 cm³/mol. The number of hydrogen-bond acceptors (Lipinski definition) is 2. The molecule has 1 aliphatic heterocycles. The second kappa shape index (κ2) is 4.33. The standard InChI is InChI=1S/C13H20N2/c1-10-3-4-12(11(2)7-10)8-15-6-5-13(14)9-15/h3-4,7,13H,5-6,8-9,14H2,1-2H3. The summed E-state index contributed by atoms with van der Waals surface area (Å²) in [6, 6.07) is 7.08. The molecule has 82 valence electrons. The molecule has 2 rings (SSSR count). The quantitative estimate of drug-likeness (QED) is 0.796. The van der Waals surface area contributed by atoms with E-state index in [1.165, 1.54) is 16.7 Å². The Morgan fingerprint density at radius 1 is 1.40 bits per heavy atom. The van der Waals surface area contributed by atoms with Crippen LogP contribution in [0.4, 0.5) is 0 Å². The summed E-state index contributed by atoms with van der Waals surface area (Å²) in [5.41, 5.74) is 10.1. The molecule has 0 spiro atoms. The van der Waals surface area contributed by atoms with E-state index in [4.69, 9.17) is 5.73 Å². The number of rotatable bonds is 2. The van der Waals surface area contributed by atoms with Gasteiger partial charge in [-0.25, -0.2) is 0 Å². The Kier molecular flexibility index (Phi) is 3.08. The van der Waals surface area contributed by atoms with E-state index in [1.807, 2.05) is 0 Å². The molecule has 1 fully saturated rings. The van der Waals surface area contributed by atoms with Crippen molar-refractivity contribution in [2.75, 3.05) is 13.1 Å². The predicted octanol–water partition coefficient (Wildman–Crippen LogP) is 1.84. The van der Waals surface area contributed by atoms with Gasteiger partial charge in [-0.2, -0.15) is 0 Å². The highest BCUT2D eigenvalue weighted by atomic mass is 15.2. The van der Waals surface area contributed by atoms with E-state index in [-0.39, 0.29) is 0 Å². The highest BCUT2D eigenvalue weighted by molar-refractivity contribution is 5.30. The average molecular weight is 204 g/mol. The van der Waals surface area contributed by atoms with Gasteiger partial charge in [-0.15, -0.1) is 0 Å². The Morgan fingerprint density at radius 2 is 2.20 bits per heavy atom. The van der Waals surface area contributed by atoms with E-state index in [0.717, 1.165) is 26.1 Å². The molecule has 0 aromatic heterocycles. The zero-order chi connectivity index (χ0) is 10.8. The van der Waals surface area contributed by atoms with E-state index in [0.29, 0.717) is 6.04 Å². The molecule has 2 nitrogen and oxygen atoms in total. The van der Waals surface area contributed by atoms with Crippen LogP contribution in [0.3, 0.4) is 0 Å². The van der Waals surface area contributed by atoms with Crippen LogP contribution in [0.5, 0.6) is 0 Å². The lowest BCUT2D eigenvalue weighted by Crippen LogP contribution is -2.26. The van der Waals surface area contributed by atoms with E-state index in [1.54, 1.807) is 0 Å². The maximum atomic E-state index is 5.90. The lowest BCUT2D eigenvalue weighted by molar-refractivity contribution is 0.326. The molecule has 2 heteroatoms. The number of hydrogen-bond donors (Lipinski definition) is 1. The third-order valence-corrected chi connectivity index (χ3v) is 3.20. The highest BCUT2D eigenvalue weighted by Gasteiger charge is 2.19. The van der Waals surface area contributed by atoms with Crippen molar-refractivity contribution in [1.29, 1.82) is 0 Å².